The minimum atomic E-state index is -1.07. The molecule has 2 aliphatic heterocycles. The van der Waals surface area contributed by atoms with E-state index in [9.17, 15) is 24.4 Å². The Morgan fingerprint density at radius 3 is 2.25 bits per heavy atom. The van der Waals surface area contributed by atoms with Crippen molar-refractivity contribution in [2.24, 2.45) is 0 Å². The van der Waals surface area contributed by atoms with Crippen LogP contribution in [-0.4, -0.2) is 33.8 Å². The minimum Gasteiger partial charge on any atom is -0.368 e. The van der Waals surface area contributed by atoms with Crippen LogP contribution in [-0.2, 0) is 14.8 Å². The van der Waals surface area contributed by atoms with Crippen molar-refractivity contribution in [1.29, 1.82) is 0 Å². The van der Waals surface area contributed by atoms with Crippen molar-refractivity contribution < 1.29 is 29.2 Å². The fraction of sp³-hybridized carbons (Fsp3) is 0.167. The summed E-state index contributed by atoms with van der Waals surface area (Å²) in [6.45, 7) is 0. The van der Waals surface area contributed by atoms with Crippen molar-refractivity contribution in [3.8, 4) is 5.75 Å². The monoisotopic (exact) mass is 275 g/mol. The molecule has 1 fully saturated rings. The van der Waals surface area contributed by atoms with Crippen LogP contribution in [0.3, 0.4) is 0 Å². The summed E-state index contributed by atoms with van der Waals surface area (Å²) in [5.74, 6) is -3.30. The number of fused-ring (bicyclic) bond motifs is 1. The zero-order valence-corrected chi connectivity index (χ0v) is 9.99. The molecule has 8 heteroatoms. The molecule has 1 radical (unpaired) electrons. The molecule has 0 saturated carbocycles. The molecule has 2 heterocycles. The molecule has 0 atom stereocenters. The van der Waals surface area contributed by atoms with E-state index < -0.39 is 23.6 Å². The Balaban J connectivity index is 2.01. The van der Waals surface area contributed by atoms with Crippen LogP contribution >= 0.6 is 0 Å². The van der Waals surface area contributed by atoms with E-state index in [0.29, 0.717) is 5.06 Å². The van der Waals surface area contributed by atoms with Crippen molar-refractivity contribution in [3.05, 3.63) is 29.3 Å². The number of carbonyl (C=O) groups excluding carboxylic acids is 4. The fourth-order valence-corrected chi connectivity index (χ4v) is 2.07. The van der Waals surface area contributed by atoms with Gasteiger partial charge in [-0.2, -0.15) is 0 Å². The molecule has 0 unspecified atom stereocenters. The second-order valence-corrected chi connectivity index (χ2v) is 4.26. The second-order valence-electron chi connectivity index (χ2n) is 4.26. The normalized spacial score (nSPS) is 18.1. The number of carbonyl (C=O) groups is 4. The summed E-state index contributed by atoms with van der Waals surface area (Å²) in [6.07, 6.45) is 0.0445. The van der Waals surface area contributed by atoms with Gasteiger partial charge in [-0.3, -0.25) is 19.2 Å². The first-order valence-corrected chi connectivity index (χ1v) is 5.73. The van der Waals surface area contributed by atoms with Gasteiger partial charge < -0.3 is 4.84 Å². The molecular weight excluding hydrogens is 268 g/mol. The number of benzene rings is 1. The number of amides is 4. The Morgan fingerprint density at radius 1 is 0.950 bits per heavy atom. The average molecular weight is 275 g/mol. The minimum absolute atomic E-state index is 0.0222. The van der Waals surface area contributed by atoms with Crippen molar-refractivity contribution in [1.82, 2.24) is 10.1 Å². The Hall–Kier alpha value is -2.74. The van der Waals surface area contributed by atoms with Gasteiger partial charge in [0.15, 0.2) is 5.75 Å². The van der Waals surface area contributed by atoms with Crippen LogP contribution < -0.4 is 4.84 Å². The highest BCUT2D eigenvalue weighted by molar-refractivity contribution is 6.21. The van der Waals surface area contributed by atoms with Gasteiger partial charge in [0.1, 0.15) is 5.56 Å². The third-order valence-corrected chi connectivity index (χ3v) is 3.03. The predicted molar refractivity (Wildman–Crippen MR) is 59.3 cm³/mol. The average Bonchev–Trinajstić information content (AvgIpc) is 2.86. The van der Waals surface area contributed by atoms with Gasteiger partial charge >= 0.3 is 0 Å². The zero-order chi connectivity index (χ0) is 14.4. The Labute approximate surface area is 112 Å². The number of hydrogen-bond donors (Lipinski definition) is 0. The zero-order valence-electron chi connectivity index (χ0n) is 9.99. The van der Waals surface area contributed by atoms with Gasteiger partial charge in [0.2, 0.25) is 0 Å². The highest BCUT2D eigenvalue weighted by Crippen LogP contribution is 2.31. The van der Waals surface area contributed by atoms with Crippen LogP contribution in [0.25, 0.3) is 0 Å². The molecular formula is C12H7N2O6. The number of imide groups is 2. The quantitative estimate of drug-likeness (QED) is 0.710. The van der Waals surface area contributed by atoms with Crippen LogP contribution in [0.4, 0.5) is 0 Å². The smallest absolute Gasteiger partial charge is 0.292 e. The van der Waals surface area contributed by atoms with Gasteiger partial charge in [-0.25, -0.2) is 0 Å². The SMILES string of the molecule is [O]N1C(=O)c2cccc(ON3C(=O)CCC3=O)c2C1=O. The first-order valence-electron chi connectivity index (χ1n) is 5.73. The fourth-order valence-electron chi connectivity index (χ4n) is 2.07. The van der Waals surface area contributed by atoms with Gasteiger partial charge in [-0.05, 0) is 12.1 Å². The molecule has 101 valence electrons. The number of rotatable bonds is 2. The van der Waals surface area contributed by atoms with Crippen LogP contribution in [0.5, 0.6) is 5.75 Å². The van der Waals surface area contributed by atoms with E-state index >= 15 is 0 Å². The molecule has 0 spiro atoms. The molecule has 0 N–H and O–H groups in total. The molecule has 1 aromatic rings. The molecule has 20 heavy (non-hydrogen) atoms. The van der Waals surface area contributed by atoms with Crippen molar-refractivity contribution in [2.45, 2.75) is 12.8 Å². The summed E-state index contributed by atoms with van der Waals surface area (Å²) in [7, 11) is 0. The largest absolute Gasteiger partial charge is 0.368 e. The van der Waals surface area contributed by atoms with Gasteiger partial charge in [0.25, 0.3) is 23.6 Å². The van der Waals surface area contributed by atoms with Gasteiger partial charge in [0, 0.05) is 12.8 Å². The summed E-state index contributed by atoms with van der Waals surface area (Å²) >= 11 is 0. The van der Waals surface area contributed by atoms with E-state index in [-0.39, 0.29) is 34.8 Å². The van der Waals surface area contributed by atoms with Crippen LogP contribution in [0.2, 0.25) is 0 Å². The lowest BCUT2D eigenvalue weighted by molar-refractivity contribution is -0.164. The van der Waals surface area contributed by atoms with E-state index in [4.69, 9.17) is 4.84 Å². The van der Waals surface area contributed by atoms with Crippen molar-refractivity contribution >= 4 is 23.6 Å². The molecule has 1 aromatic carbocycles. The first-order chi connectivity index (χ1) is 9.50. The lowest BCUT2D eigenvalue weighted by Gasteiger charge is -2.15. The Morgan fingerprint density at radius 2 is 1.60 bits per heavy atom. The van der Waals surface area contributed by atoms with E-state index in [1.54, 1.807) is 0 Å². The van der Waals surface area contributed by atoms with Crippen LogP contribution in [0, 0.1) is 0 Å². The maximum atomic E-state index is 11.7. The molecule has 1 saturated heterocycles. The summed E-state index contributed by atoms with van der Waals surface area (Å²) in [5, 5.41) is 11.6. The van der Waals surface area contributed by atoms with E-state index in [1.165, 1.54) is 18.2 Å². The van der Waals surface area contributed by atoms with E-state index in [2.05, 4.69) is 0 Å². The summed E-state index contributed by atoms with van der Waals surface area (Å²) in [4.78, 5) is 51.2. The summed E-state index contributed by atoms with van der Waals surface area (Å²) in [6, 6.07) is 4.00. The molecule has 4 amide bonds. The van der Waals surface area contributed by atoms with Crippen LogP contribution in [0.15, 0.2) is 18.2 Å². The highest BCUT2D eigenvalue weighted by atomic mass is 16.7. The molecule has 0 aliphatic carbocycles. The molecule has 0 aromatic heterocycles. The second kappa shape index (κ2) is 4.14. The van der Waals surface area contributed by atoms with Gasteiger partial charge in [-0.1, -0.05) is 11.3 Å². The lowest BCUT2D eigenvalue weighted by atomic mass is 10.1. The molecule has 8 nitrogen and oxygen atoms in total. The Bertz CT molecular complexity index is 652. The third kappa shape index (κ3) is 1.58. The molecule has 3 rings (SSSR count). The Kier molecular flexibility index (Phi) is 2.54. The number of nitrogens with zero attached hydrogens (tertiary/aromatic N) is 2. The van der Waals surface area contributed by atoms with Crippen LogP contribution in [0.1, 0.15) is 33.6 Å². The maximum absolute atomic E-state index is 11.7. The van der Waals surface area contributed by atoms with Crippen molar-refractivity contribution in [3.63, 3.8) is 0 Å². The van der Waals surface area contributed by atoms with Gasteiger partial charge in [0.05, 0.1) is 5.56 Å². The van der Waals surface area contributed by atoms with Crippen molar-refractivity contribution in [2.75, 3.05) is 0 Å². The summed E-state index contributed by atoms with van der Waals surface area (Å²) < 4.78 is 0. The third-order valence-electron chi connectivity index (χ3n) is 3.03. The highest BCUT2D eigenvalue weighted by Gasteiger charge is 2.40. The van der Waals surface area contributed by atoms with Gasteiger partial charge in [-0.15, -0.1) is 10.1 Å². The number of hydroxylamine groups is 4. The standard InChI is InChI=1S/C12H7N2O6/c15-8-4-5-9(16)14(8)20-7-3-1-2-6-10(7)12(18)13(19)11(6)17/h1-3H,4-5H2. The molecule has 2 aliphatic rings. The number of hydrogen-bond acceptors (Lipinski definition) is 5. The lowest BCUT2D eigenvalue weighted by Crippen LogP contribution is -2.33. The first kappa shape index (κ1) is 12.3. The molecule has 0 bridgehead atoms. The van der Waals surface area contributed by atoms with E-state index in [0.717, 1.165) is 0 Å². The topological polar surface area (TPSA) is 104 Å². The maximum Gasteiger partial charge on any atom is 0.292 e. The predicted octanol–water partition coefficient (Wildman–Crippen LogP) is 0.0709. The van der Waals surface area contributed by atoms with E-state index in [1.807, 2.05) is 0 Å². The summed E-state index contributed by atoms with van der Waals surface area (Å²) in [5.41, 5.74) is -0.346.